The first-order chi connectivity index (χ1) is 16.8. The van der Waals surface area contributed by atoms with Gasteiger partial charge in [0.05, 0.1) is 27.6 Å². The van der Waals surface area contributed by atoms with E-state index in [-0.39, 0.29) is 27.9 Å². The minimum absolute atomic E-state index is 0.0102. The van der Waals surface area contributed by atoms with Crippen molar-refractivity contribution in [3.8, 4) is 11.3 Å². The topological polar surface area (TPSA) is 159 Å². The number of furan rings is 1. The van der Waals surface area contributed by atoms with Crippen LogP contribution in [0.25, 0.3) is 11.3 Å². The number of nitrogens with one attached hydrogen (secondary N) is 1. The van der Waals surface area contributed by atoms with Gasteiger partial charge in [0.25, 0.3) is 17.3 Å². The zero-order chi connectivity index (χ0) is 24.9. The van der Waals surface area contributed by atoms with Crippen molar-refractivity contribution >= 4 is 35.1 Å². The second-order valence-electron chi connectivity index (χ2n) is 7.14. The van der Waals surface area contributed by atoms with Gasteiger partial charge in [-0.3, -0.25) is 29.7 Å². The summed E-state index contributed by atoms with van der Waals surface area (Å²) < 4.78 is 7.11. The molecule has 12 nitrogen and oxygen atoms in total. The fraction of sp³-hybridized carbons (Fsp3) is 0.0455. The molecule has 176 valence electrons. The van der Waals surface area contributed by atoms with Crippen molar-refractivity contribution < 1.29 is 19.1 Å². The molecule has 0 fully saturated rings. The van der Waals surface area contributed by atoms with Gasteiger partial charge in [-0.25, -0.2) is 5.43 Å². The summed E-state index contributed by atoms with van der Waals surface area (Å²) in [6.07, 6.45) is 2.86. The van der Waals surface area contributed by atoms with E-state index < -0.39 is 15.8 Å². The van der Waals surface area contributed by atoms with Gasteiger partial charge < -0.3 is 4.42 Å². The van der Waals surface area contributed by atoms with E-state index in [0.29, 0.717) is 17.9 Å². The van der Waals surface area contributed by atoms with Gasteiger partial charge in [0.15, 0.2) is 5.69 Å². The van der Waals surface area contributed by atoms with Crippen LogP contribution in [-0.4, -0.2) is 31.7 Å². The van der Waals surface area contributed by atoms with Crippen LogP contribution < -0.4 is 5.43 Å². The highest BCUT2D eigenvalue weighted by Gasteiger charge is 2.14. The van der Waals surface area contributed by atoms with Crippen molar-refractivity contribution in [2.75, 3.05) is 0 Å². The Bertz CT molecular complexity index is 1440. The lowest BCUT2D eigenvalue weighted by atomic mass is 10.1. The monoisotopic (exact) mass is 494 g/mol. The third kappa shape index (κ3) is 5.57. The molecule has 0 atom stereocenters. The maximum absolute atomic E-state index is 12.3. The minimum atomic E-state index is -0.558. The van der Waals surface area contributed by atoms with Crippen LogP contribution in [0.3, 0.4) is 0 Å². The van der Waals surface area contributed by atoms with Gasteiger partial charge in [0.2, 0.25) is 0 Å². The summed E-state index contributed by atoms with van der Waals surface area (Å²) in [6, 6.07) is 14.7. The molecule has 13 heteroatoms. The maximum Gasteiger partial charge on any atom is 0.291 e. The van der Waals surface area contributed by atoms with E-state index in [1.54, 1.807) is 30.5 Å². The molecule has 1 amide bonds. The molecule has 0 aliphatic heterocycles. The molecule has 1 N–H and O–H groups in total. The molecule has 0 radical (unpaired) electrons. The SMILES string of the molecule is O=C(N/N=C/c1ccc(-c2cc([N+](=O)[O-])ccc2Cl)o1)c1ccn(Cc2ccc([N+](=O)[O-])cc2)n1. The smallest absolute Gasteiger partial charge is 0.291 e. The van der Waals surface area contributed by atoms with Crippen LogP contribution in [0.4, 0.5) is 11.4 Å². The highest BCUT2D eigenvalue weighted by atomic mass is 35.5. The van der Waals surface area contributed by atoms with Crippen molar-refractivity contribution in [1.29, 1.82) is 0 Å². The lowest BCUT2D eigenvalue weighted by Crippen LogP contribution is -2.18. The fourth-order valence-electron chi connectivity index (χ4n) is 3.08. The van der Waals surface area contributed by atoms with Gasteiger partial charge in [-0.1, -0.05) is 23.7 Å². The van der Waals surface area contributed by atoms with Crippen LogP contribution in [0.1, 0.15) is 21.8 Å². The molecule has 2 heterocycles. The van der Waals surface area contributed by atoms with Crippen molar-refractivity contribution in [2.45, 2.75) is 6.54 Å². The summed E-state index contributed by atoms with van der Waals surface area (Å²) in [4.78, 5) is 33.0. The summed E-state index contributed by atoms with van der Waals surface area (Å²) in [5.74, 6) is 0.0280. The number of non-ortho nitro benzene ring substituents is 2. The lowest BCUT2D eigenvalue weighted by molar-refractivity contribution is -0.385. The van der Waals surface area contributed by atoms with E-state index in [1.165, 1.54) is 47.3 Å². The number of halogens is 1. The van der Waals surface area contributed by atoms with Crippen molar-refractivity contribution in [3.05, 3.63) is 109 Å². The van der Waals surface area contributed by atoms with Crippen molar-refractivity contribution in [1.82, 2.24) is 15.2 Å². The highest BCUT2D eigenvalue weighted by Crippen LogP contribution is 2.32. The Hall–Kier alpha value is -4.84. The summed E-state index contributed by atoms with van der Waals surface area (Å²) in [7, 11) is 0. The van der Waals surface area contributed by atoms with Gasteiger partial charge in [-0.15, -0.1) is 0 Å². The van der Waals surface area contributed by atoms with Gasteiger partial charge in [0, 0.05) is 36.0 Å². The van der Waals surface area contributed by atoms with Gasteiger partial charge in [0.1, 0.15) is 11.5 Å². The van der Waals surface area contributed by atoms with Crippen molar-refractivity contribution in [2.24, 2.45) is 5.10 Å². The molecular formula is C22H15ClN6O6. The molecule has 35 heavy (non-hydrogen) atoms. The number of nitro benzene ring substituents is 2. The molecule has 0 spiro atoms. The normalized spacial score (nSPS) is 11.0. The van der Waals surface area contributed by atoms with Crippen LogP contribution in [0, 0.1) is 20.2 Å². The zero-order valence-electron chi connectivity index (χ0n) is 17.7. The summed E-state index contributed by atoms with van der Waals surface area (Å²) in [6.45, 7) is 0.323. The van der Waals surface area contributed by atoms with Gasteiger partial charge in [-0.2, -0.15) is 10.2 Å². The Morgan fingerprint density at radius 3 is 2.49 bits per heavy atom. The third-order valence-electron chi connectivity index (χ3n) is 4.78. The highest BCUT2D eigenvalue weighted by molar-refractivity contribution is 6.33. The lowest BCUT2D eigenvalue weighted by Gasteiger charge is -2.01. The average molecular weight is 495 g/mol. The number of benzene rings is 2. The Kier molecular flexibility index (Phi) is 6.64. The van der Waals surface area contributed by atoms with Crippen LogP contribution in [-0.2, 0) is 6.54 Å². The molecule has 0 aliphatic carbocycles. The molecule has 2 aromatic carbocycles. The van der Waals surface area contributed by atoms with E-state index in [2.05, 4.69) is 15.6 Å². The maximum atomic E-state index is 12.3. The molecule has 0 bridgehead atoms. The molecule has 0 unspecified atom stereocenters. The average Bonchev–Trinajstić information content (AvgIpc) is 3.49. The summed E-state index contributed by atoms with van der Waals surface area (Å²) in [5.41, 5.74) is 3.44. The van der Waals surface area contributed by atoms with E-state index in [0.717, 1.165) is 5.56 Å². The quantitative estimate of drug-likeness (QED) is 0.215. The Labute approximate surface area is 201 Å². The van der Waals surface area contributed by atoms with E-state index in [1.807, 2.05) is 0 Å². The van der Waals surface area contributed by atoms with Crippen LogP contribution in [0.15, 0.2) is 76.4 Å². The summed E-state index contributed by atoms with van der Waals surface area (Å²) >= 11 is 6.12. The molecule has 4 aromatic rings. The summed E-state index contributed by atoms with van der Waals surface area (Å²) in [5, 5.41) is 30.0. The number of nitrogens with zero attached hydrogens (tertiary/aromatic N) is 5. The first-order valence-electron chi connectivity index (χ1n) is 9.94. The van der Waals surface area contributed by atoms with Crippen molar-refractivity contribution in [3.63, 3.8) is 0 Å². The Morgan fingerprint density at radius 1 is 1.06 bits per heavy atom. The number of carbonyl (C=O) groups is 1. The largest absolute Gasteiger partial charge is 0.455 e. The second kappa shape index (κ2) is 9.97. The van der Waals surface area contributed by atoms with Crippen LogP contribution in [0.2, 0.25) is 5.02 Å². The number of amides is 1. The first kappa shape index (κ1) is 23.3. The predicted molar refractivity (Wildman–Crippen MR) is 125 cm³/mol. The molecule has 0 saturated carbocycles. The number of aromatic nitrogens is 2. The third-order valence-corrected chi connectivity index (χ3v) is 5.11. The molecule has 0 aliphatic rings. The Balaban J connectivity index is 1.37. The standard InChI is InChI=1S/C22H15ClN6O6/c23-19-7-5-16(29(33)34)11-18(19)21-8-6-17(35-21)12-24-25-22(30)20-9-10-27(26-20)13-14-1-3-15(4-2-14)28(31)32/h1-12H,13H2,(H,25,30)/b24-12+. The number of hydrogen-bond acceptors (Lipinski definition) is 8. The molecular weight excluding hydrogens is 480 g/mol. The first-order valence-corrected chi connectivity index (χ1v) is 10.3. The number of nitro groups is 2. The number of hydrazone groups is 1. The van der Waals surface area contributed by atoms with Crippen LogP contribution in [0.5, 0.6) is 0 Å². The van der Waals surface area contributed by atoms with Gasteiger partial charge >= 0.3 is 0 Å². The molecule has 0 saturated heterocycles. The van der Waals surface area contributed by atoms with Gasteiger partial charge in [-0.05, 0) is 29.8 Å². The number of hydrogen-bond donors (Lipinski definition) is 1. The molecule has 4 rings (SSSR count). The fourth-order valence-corrected chi connectivity index (χ4v) is 3.29. The molecule has 2 aromatic heterocycles. The predicted octanol–water partition coefficient (Wildman–Crippen LogP) is 4.43. The minimum Gasteiger partial charge on any atom is -0.455 e. The second-order valence-corrected chi connectivity index (χ2v) is 7.55. The number of rotatable bonds is 8. The van der Waals surface area contributed by atoms with E-state index in [4.69, 9.17) is 16.0 Å². The van der Waals surface area contributed by atoms with E-state index >= 15 is 0 Å². The number of carbonyl (C=O) groups excluding carboxylic acids is 1. The zero-order valence-corrected chi connectivity index (χ0v) is 18.5. The van der Waals surface area contributed by atoms with E-state index in [9.17, 15) is 25.0 Å². The van der Waals surface area contributed by atoms with Crippen LogP contribution >= 0.6 is 11.6 Å². The Morgan fingerprint density at radius 2 is 1.77 bits per heavy atom.